The van der Waals surface area contributed by atoms with E-state index in [0.717, 1.165) is 5.75 Å². The lowest BCUT2D eigenvalue weighted by atomic mass is 9.99. The third-order valence-electron chi connectivity index (χ3n) is 5.48. The number of hydrogen-bond donors (Lipinski definition) is 0. The Morgan fingerprint density at radius 2 is 1.38 bits per heavy atom. The molecule has 2 heteroatoms. The van der Waals surface area contributed by atoms with E-state index in [0.29, 0.717) is 0 Å². The zero-order valence-electron chi connectivity index (χ0n) is 16.8. The second-order valence-corrected chi connectivity index (χ2v) is 11.7. The summed E-state index contributed by atoms with van der Waals surface area (Å²) in [6, 6.07) is 21.4. The van der Waals surface area contributed by atoms with Crippen molar-refractivity contribution in [3.63, 3.8) is 0 Å². The molecule has 0 spiro atoms. The average Bonchev–Trinajstić information content (AvgIpc) is 2.62. The standard InChI is InChI=1S/C24H32OSi/c1-5-15-26(16-6-2,17-7-3)25-24-22-14-9-8-12-20(22)18-21-13-10-11-19(4)23(21)24/h8-14,18H,5-7,15-17H2,1-4H3. The van der Waals surface area contributed by atoms with E-state index in [-0.39, 0.29) is 0 Å². The van der Waals surface area contributed by atoms with Crippen LogP contribution < -0.4 is 4.43 Å². The van der Waals surface area contributed by atoms with Gasteiger partial charge in [-0.2, -0.15) is 0 Å². The third-order valence-corrected chi connectivity index (χ3v) is 10.4. The zero-order chi connectivity index (χ0) is 18.6. The van der Waals surface area contributed by atoms with Crippen LogP contribution in [0.3, 0.4) is 0 Å². The molecule has 0 amide bonds. The van der Waals surface area contributed by atoms with Gasteiger partial charge >= 0.3 is 0 Å². The summed E-state index contributed by atoms with van der Waals surface area (Å²) < 4.78 is 7.17. The Labute approximate surface area is 159 Å². The first-order valence-electron chi connectivity index (χ1n) is 10.2. The number of aryl methyl sites for hydroxylation is 1. The summed E-state index contributed by atoms with van der Waals surface area (Å²) in [4.78, 5) is 0. The van der Waals surface area contributed by atoms with Crippen molar-refractivity contribution < 1.29 is 4.43 Å². The van der Waals surface area contributed by atoms with Crippen LogP contribution in [0.25, 0.3) is 21.5 Å². The molecule has 3 aromatic rings. The molecule has 0 N–H and O–H groups in total. The van der Waals surface area contributed by atoms with Crippen molar-refractivity contribution in [2.75, 3.05) is 0 Å². The van der Waals surface area contributed by atoms with E-state index in [2.05, 4.69) is 76.2 Å². The number of fused-ring (bicyclic) bond motifs is 2. The molecule has 0 radical (unpaired) electrons. The maximum atomic E-state index is 7.17. The van der Waals surface area contributed by atoms with Crippen LogP contribution in [0.5, 0.6) is 5.75 Å². The maximum absolute atomic E-state index is 7.17. The van der Waals surface area contributed by atoms with E-state index in [1.807, 2.05) is 0 Å². The van der Waals surface area contributed by atoms with Crippen molar-refractivity contribution in [1.29, 1.82) is 0 Å². The van der Waals surface area contributed by atoms with Crippen LogP contribution in [0, 0.1) is 6.92 Å². The van der Waals surface area contributed by atoms with E-state index in [9.17, 15) is 0 Å². The Bertz CT molecular complexity index is 867. The largest absolute Gasteiger partial charge is 0.543 e. The van der Waals surface area contributed by atoms with Crippen molar-refractivity contribution in [2.45, 2.75) is 65.1 Å². The highest BCUT2D eigenvalue weighted by atomic mass is 28.4. The normalized spacial score (nSPS) is 12.0. The van der Waals surface area contributed by atoms with Gasteiger partial charge in [-0.25, -0.2) is 0 Å². The van der Waals surface area contributed by atoms with E-state index >= 15 is 0 Å². The lowest BCUT2D eigenvalue weighted by Gasteiger charge is -2.33. The Morgan fingerprint density at radius 1 is 0.769 bits per heavy atom. The molecule has 0 aliphatic rings. The summed E-state index contributed by atoms with van der Waals surface area (Å²) in [5.41, 5.74) is 1.32. The summed E-state index contributed by atoms with van der Waals surface area (Å²) in [7, 11) is -1.79. The molecule has 138 valence electrons. The second-order valence-electron chi connectivity index (χ2n) is 7.63. The fraction of sp³-hybridized carbons (Fsp3) is 0.417. The highest BCUT2D eigenvalue weighted by Crippen LogP contribution is 2.40. The van der Waals surface area contributed by atoms with Gasteiger partial charge in [-0.15, -0.1) is 0 Å². The minimum Gasteiger partial charge on any atom is -0.543 e. The van der Waals surface area contributed by atoms with Crippen molar-refractivity contribution >= 4 is 29.9 Å². The molecule has 0 aromatic heterocycles. The Hall–Kier alpha value is -1.80. The molecular weight excluding hydrogens is 332 g/mol. The van der Waals surface area contributed by atoms with Crippen LogP contribution in [0.2, 0.25) is 18.1 Å². The van der Waals surface area contributed by atoms with Crippen LogP contribution in [-0.2, 0) is 0 Å². The van der Waals surface area contributed by atoms with Crippen LogP contribution in [0.4, 0.5) is 0 Å². The third kappa shape index (κ3) is 3.66. The van der Waals surface area contributed by atoms with Gasteiger partial charge in [-0.1, -0.05) is 82.5 Å². The first-order valence-corrected chi connectivity index (χ1v) is 12.8. The van der Waals surface area contributed by atoms with Gasteiger partial charge < -0.3 is 4.43 Å². The van der Waals surface area contributed by atoms with E-state index < -0.39 is 8.32 Å². The topological polar surface area (TPSA) is 9.23 Å². The molecule has 0 bridgehead atoms. The van der Waals surface area contributed by atoms with E-state index in [4.69, 9.17) is 4.43 Å². The molecule has 3 aromatic carbocycles. The fourth-order valence-corrected chi connectivity index (χ4v) is 8.91. The van der Waals surface area contributed by atoms with Gasteiger partial charge in [-0.05, 0) is 47.5 Å². The van der Waals surface area contributed by atoms with Crippen molar-refractivity contribution in [3.05, 3.63) is 54.1 Å². The number of hydrogen-bond acceptors (Lipinski definition) is 1. The molecule has 0 saturated heterocycles. The zero-order valence-corrected chi connectivity index (χ0v) is 17.8. The predicted octanol–water partition coefficient (Wildman–Crippen LogP) is 7.86. The summed E-state index contributed by atoms with van der Waals surface area (Å²) >= 11 is 0. The van der Waals surface area contributed by atoms with Crippen LogP contribution >= 0.6 is 0 Å². The Kier molecular flexibility index (Phi) is 6.03. The SMILES string of the molecule is CCC[Si](CCC)(CCC)Oc1c2ccccc2cc2cccc(C)c12. The smallest absolute Gasteiger partial charge is 0.251 e. The molecule has 0 aliphatic carbocycles. The molecule has 0 aliphatic heterocycles. The quantitative estimate of drug-likeness (QED) is 0.292. The minimum atomic E-state index is -1.79. The molecule has 0 fully saturated rings. The summed E-state index contributed by atoms with van der Waals surface area (Å²) in [5, 5.41) is 5.17. The van der Waals surface area contributed by atoms with Crippen LogP contribution in [0.1, 0.15) is 45.6 Å². The van der Waals surface area contributed by atoms with Crippen molar-refractivity contribution in [3.8, 4) is 5.75 Å². The van der Waals surface area contributed by atoms with E-state index in [1.165, 1.54) is 64.5 Å². The van der Waals surface area contributed by atoms with Gasteiger partial charge in [0.1, 0.15) is 5.75 Å². The molecular formula is C24H32OSi. The van der Waals surface area contributed by atoms with Gasteiger partial charge in [0.15, 0.2) is 0 Å². The van der Waals surface area contributed by atoms with Crippen molar-refractivity contribution in [2.24, 2.45) is 0 Å². The predicted molar refractivity (Wildman–Crippen MR) is 118 cm³/mol. The number of benzene rings is 3. The minimum absolute atomic E-state index is 1.15. The van der Waals surface area contributed by atoms with Gasteiger partial charge in [0.2, 0.25) is 0 Å². The molecule has 0 unspecified atom stereocenters. The first-order chi connectivity index (χ1) is 12.6. The van der Waals surface area contributed by atoms with Crippen molar-refractivity contribution in [1.82, 2.24) is 0 Å². The molecule has 0 heterocycles. The molecule has 1 nitrogen and oxygen atoms in total. The lowest BCUT2D eigenvalue weighted by molar-refractivity contribution is 0.529. The lowest BCUT2D eigenvalue weighted by Crippen LogP contribution is -2.41. The Balaban J connectivity index is 2.26. The summed E-state index contributed by atoms with van der Waals surface area (Å²) in [6.07, 6.45) is 3.65. The van der Waals surface area contributed by atoms with Gasteiger partial charge in [0.05, 0.1) is 0 Å². The highest BCUT2D eigenvalue weighted by molar-refractivity contribution is 6.74. The molecule has 0 atom stereocenters. The second kappa shape index (κ2) is 8.26. The summed E-state index contributed by atoms with van der Waals surface area (Å²) in [6.45, 7) is 9.14. The summed E-state index contributed by atoms with van der Waals surface area (Å²) in [5.74, 6) is 1.15. The number of rotatable bonds is 8. The van der Waals surface area contributed by atoms with Gasteiger partial charge in [0.25, 0.3) is 8.32 Å². The molecule has 26 heavy (non-hydrogen) atoms. The van der Waals surface area contributed by atoms with Crippen LogP contribution in [0.15, 0.2) is 48.5 Å². The first kappa shape index (κ1) is 19.0. The van der Waals surface area contributed by atoms with Gasteiger partial charge in [0, 0.05) is 10.8 Å². The average molecular weight is 365 g/mol. The highest BCUT2D eigenvalue weighted by Gasteiger charge is 2.35. The fourth-order valence-electron chi connectivity index (χ4n) is 4.47. The molecule has 0 saturated carbocycles. The maximum Gasteiger partial charge on any atom is 0.251 e. The van der Waals surface area contributed by atoms with Gasteiger partial charge in [-0.3, -0.25) is 0 Å². The monoisotopic (exact) mass is 364 g/mol. The van der Waals surface area contributed by atoms with E-state index in [1.54, 1.807) is 0 Å². The Morgan fingerprint density at radius 3 is 2.04 bits per heavy atom. The van der Waals surface area contributed by atoms with Crippen LogP contribution in [-0.4, -0.2) is 8.32 Å². The molecule has 3 rings (SSSR count).